The average Bonchev–Trinajstić information content (AvgIpc) is 2.89. The van der Waals surface area contributed by atoms with Gasteiger partial charge in [-0.1, -0.05) is 17.7 Å². The maximum Gasteiger partial charge on any atom is 0.303 e. The summed E-state index contributed by atoms with van der Waals surface area (Å²) in [7, 11) is 1.56. The number of carbonyl (C=O) groups is 1. The van der Waals surface area contributed by atoms with Gasteiger partial charge < -0.3 is 19.8 Å². The molecule has 2 N–H and O–H groups in total. The summed E-state index contributed by atoms with van der Waals surface area (Å²) in [6.45, 7) is 2.00. The third-order valence-corrected chi connectivity index (χ3v) is 8.73. The van der Waals surface area contributed by atoms with Gasteiger partial charge >= 0.3 is 5.97 Å². The number of carboxylic acids is 1. The van der Waals surface area contributed by atoms with Gasteiger partial charge in [-0.3, -0.25) is 9.78 Å². The first kappa shape index (κ1) is 28.5. The molecule has 4 rings (SSSR count). The molecule has 1 aliphatic rings. The minimum absolute atomic E-state index is 0.0153. The summed E-state index contributed by atoms with van der Waals surface area (Å²) in [5.74, 6) is -0.836. The first-order chi connectivity index (χ1) is 18.2. The highest BCUT2D eigenvalue weighted by molar-refractivity contribution is 7.99. The Morgan fingerprint density at radius 3 is 2.61 bits per heavy atom. The fourth-order valence-electron chi connectivity index (χ4n) is 5.20. The summed E-state index contributed by atoms with van der Waals surface area (Å²) >= 11 is 7.60. The van der Waals surface area contributed by atoms with E-state index in [1.165, 1.54) is 24.4 Å². The topological polar surface area (TPSA) is 82.9 Å². The van der Waals surface area contributed by atoms with E-state index < -0.39 is 29.1 Å². The number of aliphatic hydroxyl groups is 1. The van der Waals surface area contributed by atoms with Crippen molar-refractivity contribution in [3.05, 3.63) is 64.8 Å². The number of likely N-dealkylation sites (tertiary alicyclic amines) is 1. The van der Waals surface area contributed by atoms with Crippen molar-refractivity contribution in [2.24, 2.45) is 5.41 Å². The zero-order chi connectivity index (χ0) is 27.3. The highest BCUT2D eigenvalue weighted by Gasteiger charge is 2.37. The molecule has 1 fully saturated rings. The number of hydrogen-bond donors (Lipinski definition) is 2. The van der Waals surface area contributed by atoms with E-state index in [4.69, 9.17) is 16.3 Å². The van der Waals surface area contributed by atoms with Crippen LogP contribution in [0.2, 0.25) is 5.02 Å². The van der Waals surface area contributed by atoms with Crippen molar-refractivity contribution < 1.29 is 28.5 Å². The first-order valence-corrected chi connectivity index (χ1v) is 13.9. The van der Waals surface area contributed by atoms with Crippen LogP contribution in [-0.2, 0) is 4.79 Å². The lowest BCUT2D eigenvalue weighted by Crippen LogP contribution is -2.42. The lowest BCUT2D eigenvalue weighted by Gasteiger charge is -2.41. The molecule has 10 heteroatoms. The van der Waals surface area contributed by atoms with Gasteiger partial charge in [0.1, 0.15) is 17.4 Å². The zero-order valence-electron chi connectivity index (χ0n) is 21.1. The fourth-order valence-corrected chi connectivity index (χ4v) is 6.45. The van der Waals surface area contributed by atoms with Crippen LogP contribution in [0.4, 0.5) is 8.78 Å². The molecule has 3 aromatic rings. The highest BCUT2D eigenvalue weighted by Crippen LogP contribution is 2.43. The van der Waals surface area contributed by atoms with E-state index in [0.29, 0.717) is 78.3 Å². The molecule has 1 atom stereocenters. The molecule has 0 amide bonds. The van der Waals surface area contributed by atoms with Gasteiger partial charge in [-0.15, -0.1) is 11.8 Å². The number of pyridine rings is 1. The molecule has 38 heavy (non-hydrogen) atoms. The number of piperidine rings is 1. The maximum atomic E-state index is 13.9. The standard InChI is InChI=1S/C28H31ClF2N2O4S/c1-37-18-5-6-23-19(15-18)26(20(29)17-32-23)24(34)7-8-28(16-25(35)36)9-11-33(12-10-28)13-14-38-27-21(30)3-2-4-22(27)31/h2-6,15,17,24,34H,7-14,16H2,1H3,(H,35,36)/t24-/m0/s1. The molecule has 1 aliphatic heterocycles. The molecule has 0 aliphatic carbocycles. The van der Waals surface area contributed by atoms with Crippen LogP contribution >= 0.6 is 23.4 Å². The third kappa shape index (κ3) is 6.75. The van der Waals surface area contributed by atoms with Crippen LogP contribution in [0.15, 0.2) is 47.5 Å². The van der Waals surface area contributed by atoms with Gasteiger partial charge in [-0.05, 0) is 74.5 Å². The largest absolute Gasteiger partial charge is 0.497 e. The number of hydrogen-bond acceptors (Lipinski definition) is 6. The Bertz CT molecular complexity index is 1270. The number of rotatable bonds is 11. The Kier molecular flexibility index (Phi) is 9.46. The van der Waals surface area contributed by atoms with Gasteiger partial charge in [0.25, 0.3) is 0 Å². The number of aromatic nitrogens is 1. The monoisotopic (exact) mass is 564 g/mol. The Balaban J connectivity index is 1.39. The van der Waals surface area contributed by atoms with E-state index in [2.05, 4.69) is 9.88 Å². The van der Waals surface area contributed by atoms with E-state index >= 15 is 0 Å². The Hall–Kier alpha value is -2.46. The molecule has 204 valence electrons. The zero-order valence-corrected chi connectivity index (χ0v) is 22.7. The van der Waals surface area contributed by atoms with Crippen molar-refractivity contribution in [1.29, 1.82) is 0 Å². The summed E-state index contributed by atoms with van der Waals surface area (Å²) in [6, 6.07) is 9.24. The number of halogens is 3. The normalized spacial score (nSPS) is 16.4. The number of thioether (sulfide) groups is 1. The van der Waals surface area contributed by atoms with E-state index in [1.54, 1.807) is 25.3 Å². The van der Waals surface area contributed by atoms with Gasteiger partial charge in [0.2, 0.25) is 0 Å². The number of aliphatic carboxylic acids is 1. The van der Waals surface area contributed by atoms with E-state index in [9.17, 15) is 23.8 Å². The number of benzene rings is 2. The SMILES string of the molecule is COc1ccc2ncc(Cl)c([C@@H](O)CCC3(CC(=O)O)CCN(CCSc4c(F)cccc4F)CC3)c2c1. The van der Waals surface area contributed by atoms with E-state index in [1.807, 2.05) is 0 Å². The molecule has 0 spiro atoms. The van der Waals surface area contributed by atoms with Gasteiger partial charge in [0, 0.05) is 29.4 Å². The summed E-state index contributed by atoms with van der Waals surface area (Å²) in [5, 5.41) is 21.9. The van der Waals surface area contributed by atoms with Crippen molar-refractivity contribution in [1.82, 2.24) is 9.88 Å². The predicted molar refractivity (Wildman–Crippen MR) is 145 cm³/mol. The van der Waals surface area contributed by atoms with Crippen LogP contribution in [0.25, 0.3) is 10.9 Å². The van der Waals surface area contributed by atoms with Crippen molar-refractivity contribution in [3.8, 4) is 5.75 Å². The van der Waals surface area contributed by atoms with Crippen molar-refractivity contribution >= 4 is 40.2 Å². The molecule has 2 aromatic carbocycles. The maximum absolute atomic E-state index is 13.9. The summed E-state index contributed by atoms with van der Waals surface area (Å²) < 4.78 is 33.1. The molecule has 1 saturated heterocycles. The second kappa shape index (κ2) is 12.6. The van der Waals surface area contributed by atoms with E-state index in [0.717, 1.165) is 11.8 Å². The van der Waals surface area contributed by atoms with Crippen molar-refractivity contribution in [2.75, 3.05) is 32.5 Å². The number of aliphatic hydroxyl groups excluding tert-OH is 1. The summed E-state index contributed by atoms with van der Waals surface area (Å²) in [6.07, 6.45) is 2.83. The van der Waals surface area contributed by atoms with Crippen LogP contribution in [0.5, 0.6) is 5.75 Å². The molecule has 2 heterocycles. The van der Waals surface area contributed by atoms with Gasteiger partial charge in [-0.25, -0.2) is 8.78 Å². The first-order valence-electron chi connectivity index (χ1n) is 12.5. The van der Waals surface area contributed by atoms with Crippen LogP contribution in [0, 0.1) is 17.0 Å². The molecule has 0 radical (unpaired) electrons. The quantitative estimate of drug-likeness (QED) is 0.263. The number of methoxy groups -OCH3 is 1. The smallest absolute Gasteiger partial charge is 0.303 e. The Labute approximate surface area is 230 Å². The lowest BCUT2D eigenvalue weighted by molar-refractivity contribution is -0.141. The average molecular weight is 565 g/mol. The number of ether oxygens (including phenoxy) is 1. The predicted octanol–water partition coefficient (Wildman–Crippen LogP) is 6.34. The van der Waals surface area contributed by atoms with Crippen LogP contribution in [0.1, 0.15) is 43.8 Å². The molecule has 1 aromatic heterocycles. The van der Waals surface area contributed by atoms with Gasteiger partial charge in [0.05, 0.1) is 35.1 Å². The number of nitrogens with zero attached hydrogens (tertiary/aromatic N) is 2. The van der Waals surface area contributed by atoms with E-state index in [-0.39, 0.29) is 11.3 Å². The van der Waals surface area contributed by atoms with Crippen LogP contribution < -0.4 is 4.74 Å². The van der Waals surface area contributed by atoms with Crippen molar-refractivity contribution in [2.45, 2.75) is 43.1 Å². The molecule has 0 bridgehead atoms. The molecule has 6 nitrogen and oxygen atoms in total. The van der Waals surface area contributed by atoms with Crippen LogP contribution in [-0.4, -0.2) is 58.6 Å². The third-order valence-electron chi connectivity index (χ3n) is 7.37. The highest BCUT2D eigenvalue weighted by atomic mass is 35.5. The van der Waals surface area contributed by atoms with Crippen molar-refractivity contribution in [3.63, 3.8) is 0 Å². The van der Waals surface area contributed by atoms with Gasteiger partial charge in [0.15, 0.2) is 0 Å². The van der Waals surface area contributed by atoms with Crippen LogP contribution in [0.3, 0.4) is 0 Å². The summed E-state index contributed by atoms with van der Waals surface area (Å²) in [4.78, 5) is 18.3. The molecule has 0 unspecified atom stereocenters. The second-order valence-electron chi connectivity index (χ2n) is 9.77. The minimum Gasteiger partial charge on any atom is -0.497 e. The second-order valence-corrected chi connectivity index (χ2v) is 11.3. The molecular formula is C28H31ClF2N2O4S. The Morgan fingerprint density at radius 1 is 1.24 bits per heavy atom. The molecule has 0 saturated carbocycles. The minimum atomic E-state index is -0.893. The lowest BCUT2D eigenvalue weighted by atomic mass is 9.71. The molecular weight excluding hydrogens is 534 g/mol. The summed E-state index contributed by atoms with van der Waals surface area (Å²) in [5.41, 5.74) is 0.794. The number of fused-ring (bicyclic) bond motifs is 1. The van der Waals surface area contributed by atoms with Gasteiger partial charge in [-0.2, -0.15) is 0 Å². The Morgan fingerprint density at radius 2 is 1.95 bits per heavy atom. The fraction of sp³-hybridized carbons (Fsp3) is 0.429. The number of carboxylic acid groups (broad SMARTS) is 1.